The van der Waals surface area contributed by atoms with Gasteiger partial charge < -0.3 is 10.5 Å². The van der Waals surface area contributed by atoms with Gasteiger partial charge in [0.2, 0.25) is 0 Å². The van der Waals surface area contributed by atoms with Crippen molar-refractivity contribution in [3.8, 4) is 5.75 Å². The summed E-state index contributed by atoms with van der Waals surface area (Å²) in [7, 11) is 0. The molecule has 6 heteroatoms. The van der Waals surface area contributed by atoms with Crippen LogP contribution in [0.3, 0.4) is 0 Å². The average Bonchev–Trinajstić information content (AvgIpc) is 2.29. The maximum Gasteiger partial charge on any atom is 0.311 e. The fourth-order valence-corrected chi connectivity index (χ4v) is 1.22. The molecule has 0 aromatic heterocycles. The second-order valence-corrected chi connectivity index (χ2v) is 3.56. The summed E-state index contributed by atoms with van der Waals surface area (Å²) < 4.78 is 4.97. The Kier molecular flexibility index (Phi) is 4.45. The lowest BCUT2D eigenvalue weighted by Crippen LogP contribution is -2.09. The molecule has 0 unspecified atom stereocenters. The fraction of sp³-hybridized carbons (Fsp3) is 0.364. The van der Waals surface area contributed by atoms with Gasteiger partial charge >= 0.3 is 5.97 Å². The van der Waals surface area contributed by atoms with Gasteiger partial charge in [0.05, 0.1) is 16.7 Å². The van der Waals surface area contributed by atoms with E-state index in [0.29, 0.717) is 6.42 Å². The summed E-state index contributed by atoms with van der Waals surface area (Å²) in [5.41, 5.74) is 5.62. The molecule has 6 nitrogen and oxygen atoms in total. The molecule has 1 aromatic carbocycles. The van der Waals surface area contributed by atoms with Gasteiger partial charge in [-0.2, -0.15) is 0 Å². The molecule has 0 bridgehead atoms. The number of hydrogen-bond donors (Lipinski definition) is 1. The van der Waals surface area contributed by atoms with Crippen molar-refractivity contribution >= 4 is 17.3 Å². The van der Waals surface area contributed by atoms with Gasteiger partial charge in [-0.15, -0.1) is 0 Å². The highest BCUT2D eigenvalue weighted by molar-refractivity contribution is 5.75. The lowest BCUT2D eigenvalue weighted by atomic mass is 10.2. The number of nitrogen functional groups attached to an aromatic ring is 1. The number of rotatable bonds is 5. The minimum Gasteiger partial charge on any atom is -0.424 e. The topological polar surface area (TPSA) is 95.5 Å². The van der Waals surface area contributed by atoms with E-state index in [4.69, 9.17) is 10.5 Å². The number of ether oxygens (including phenoxy) is 1. The molecule has 0 aliphatic rings. The Morgan fingerprint density at radius 2 is 2.24 bits per heavy atom. The molecule has 0 radical (unpaired) electrons. The predicted molar refractivity (Wildman–Crippen MR) is 62.7 cm³/mol. The minimum absolute atomic E-state index is 0.0419. The molecule has 1 aromatic rings. The number of anilines is 1. The third-order valence-electron chi connectivity index (χ3n) is 2.17. The monoisotopic (exact) mass is 238 g/mol. The molecule has 0 amide bonds. The number of hydrogen-bond acceptors (Lipinski definition) is 5. The summed E-state index contributed by atoms with van der Waals surface area (Å²) in [6.07, 6.45) is 1.87. The number of nitrogens with zero attached hydrogens (tertiary/aromatic N) is 1. The molecular formula is C11H14N2O4. The Morgan fingerprint density at radius 1 is 1.53 bits per heavy atom. The highest BCUT2D eigenvalue weighted by atomic mass is 16.6. The maximum atomic E-state index is 11.4. The molecule has 92 valence electrons. The molecule has 0 aliphatic heterocycles. The minimum atomic E-state index is -0.567. The van der Waals surface area contributed by atoms with E-state index in [-0.39, 0.29) is 23.5 Å². The molecule has 0 saturated carbocycles. The second kappa shape index (κ2) is 5.83. The zero-order valence-electron chi connectivity index (χ0n) is 9.51. The highest BCUT2D eigenvalue weighted by Gasteiger charge is 2.13. The number of nitrogens with two attached hydrogens (primary N) is 1. The van der Waals surface area contributed by atoms with E-state index in [1.807, 2.05) is 6.92 Å². The van der Waals surface area contributed by atoms with Gasteiger partial charge in [-0.25, -0.2) is 0 Å². The van der Waals surface area contributed by atoms with Crippen molar-refractivity contribution in [1.29, 1.82) is 0 Å². The first-order valence-corrected chi connectivity index (χ1v) is 5.29. The van der Waals surface area contributed by atoms with Crippen LogP contribution >= 0.6 is 0 Å². The number of unbranched alkanes of at least 4 members (excludes halogenated alkanes) is 1. The summed E-state index contributed by atoms with van der Waals surface area (Å²) in [5.74, 6) is -0.389. The van der Waals surface area contributed by atoms with Gasteiger partial charge in [-0.3, -0.25) is 14.9 Å². The quantitative estimate of drug-likeness (QED) is 0.279. The van der Waals surface area contributed by atoms with Gasteiger partial charge in [0.25, 0.3) is 5.69 Å². The van der Waals surface area contributed by atoms with Crippen LogP contribution in [0.1, 0.15) is 26.2 Å². The van der Waals surface area contributed by atoms with E-state index < -0.39 is 10.9 Å². The van der Waals surface area contributed by atoms with Crippen molar-refractivity contribution in [3.63, 3.8) is 0 Å². The predicted octanol–water partition coefficient (Wildman–Crippen LogP) is 2.27. The molecule has 2 N–H and O–H groups in total. The van der Waals surface area contributed by atoms with Crippen molar-refractivity contribution in [2.75, 3.05) is 5.73 Å². The number of non-ortho nitro benzene ring substituents is 1. The van der Waals surface area contributed by atoms with Crippen molar-refractivity contribution in [2.24, 2.45) is 0 Å². The molecule has 0 saturated heterocycles. The first-order chi connectivity index (χ1) is 8.04. The normalized spacial score (nSPS) is 9.94. The third-order valence-corrected chi connectivity index (χ3v) is 2.17. The highest BCUT2D eigenvalue weighted by Crippen LogP contribution is 2.27. The van der Waals surface area contributed by atoms with E-state index >= 15 is 0 Å². The number of carbonyl (C=O) groups is 1. The summed E-state index contributed by atoms with van der Waals surface area (Å²) >= 11 is 0. The Balaban J connectivity index is 2.79. The van der Waals surface area contributed by atoms with Crippen molar-refractivity contribution < 1.29 is 14.5 Å². The van der Waals surface area contributed by atoms with Gasteiger partial charge in [0.15, 0.2) is 5.75 Å². The van der Waals surface area contributed by atoms with E-state index in [1.165, 1.54) is 12.1 Å². The lowest BCUT2D eigenvalue weighted by Gasteiger charge is -2.06. The summed E-state index contributed by atoms with van der Waals surface area (Å²) in [4.78, 5) is 21.3. The molecule has 0 aliphatic carbocycles. The van der Waals surface area contributed by atoms with Crippen LogP contribution in [0.2, 0.25) is 0 Å². The van der Waals surface area contributed by atoms with Crippen LogP contribution < -0.4 is 10.5 Å². The molecule has 1 rings (SSSR count). The Bertz CT molecular complexity index is 431. The number of benzene rings is 1. The molecule has 0 fully saturated rings. The van der Waals surface area contributed by atoms with Gasteiger partial charge in [-0.1, -0.05) is 13.3 Å². The summed E-state index contributed by atoms with van der Waals surface area (Å²) in [5, 5.41) is 10.5. The number of carbonyl (C=O) groups excluding carboxylic acids is 1. The summed E-state index contributed by atoms with van der Waals surface area (Å²) in [6, 6.07) is 3.76. The smallest absolute Gasteiger partial charge is 0.311 e. The van der Waals surface area contributed by atoms with Crippen molar-refractivity contribution in [1.82, 2.24) is 0 Å². The number of esters is 1. The van der Waals surface area contributed by atoms with Crippen molar-refractivity contribution in [3.05, 3.63) is 28.3 Å². The second-order valence-electron chi connectivity index (χ2n) is 3.56. The SMILES string of the molecule is CCCCC(=O)Oc1cc([N+](=O)[O-])ccc1N. The molecule has 17 heavy (non-hydrogen) atoms. The largest absolute Gasteiger partial charge is 0.424 e. The first-order valence-electron chi connectivity index (χ1n) is 5.29. The zero-order chi connectivity index (χ0) is 12.8. The van der Waals surface area contributed by atoms with Gasteiger partial charge in [0.1, 0.15) is 0 Å². The van der Waals surface area contributed by atoms with E-state index in [1.54, 1.807) is 0 Å². The summed E-state index contributed by atoms with van der Waals surface area (Å²) in [6.45, 7) is 1.95. The molecule has 0 spiro atoms. The van der Waals surface area contributed by atoms with Gasteiger partial charge in [-0.05, 0) is 12.5 Å². The van der Waals surface area contributed by atoms with Crippen LogP contribution in [-0.4, -0.2) is 10.9 Å². The third kappa shape index (κ3) is 3.75. The van der Waals surface area contributed by atoms with Crippen LogP contribution in [0.5, 0.6) is 5.75 Å². The molecule has 0 atom stereocenters. The number of nitro groups is 1. The Morgan fingerprint density at radius 3 is 2.82 bits per heavy atom. The van der Waals surface area contributed by atoms with Crippen LogP contribution in [0.15, 0.2) is 18.2 Å². The van der Waals surface area contributed by atoms with Crippen molar-refractivity contribution in [2.45, 2.75) is 26.2 Å². The molecule has 0 heterocycles. The zero-order valence-corrected chi connectivity index (χ0v) is 9.51. The van der Waals surface area contributed by atoms with E-state index in [0.717, 1.165) is 12.5 Å². The van der Waals surface area contributed by atoms with Crippen LogP contribution in [-0.2, 0) is 4.79 Å². The van der Waals surface area contributed by atoms with Crippen LogP contribution in [0.25, 0.3) is 0 Å². The van der Waals surface area contributed by atoms with Gasteiger partial charge in [0, 0.05) is 12.5 Å². The van der Waals surface area contributed by atoms with Crippen LogP contribution in [0, 0.1) is 10.1 Å². The van der Waals surface area contributed by atoms with E-state index in [9.17, 15) is 14.9 Å². The first kappa shape index (κ1) is 13.0. The standard InChI is InChI=1S/C11H14N2O4/c1-2-3-4-11(14)17-10-7-8(13(15)16)5-6-9(10)12/h5-7H,2-4,12H2,1H3. The average molecular weight is 238 g/mol. The maximum absolute atomic E-state index is 11.4. The molecular weight excluding hydrogens is 224 g/mol. The Hall–Kier alpha value is -2.11. The Labute approximate surface area is 98.5 Å². The lowest BCUT2D eigenvalue weighted by molar-refractivity contribution is -0.384. The van der Waals surface area contributed by atoms with E-state index in [2.05, 4.69) is 0 Å². The number of nitro benzene ring substituents is 1. The fourth-order valence-electron chi connectivity index (χ4n) is 1.22. The van der Waals surface area contributed by atoms with Crippen LogP contribution in [0.4, 0.5) is 11.4 Å².